The summed E-state index contributed by atoms with van der Waals surface area (Å²) in [5, 5.41) is 14.2. The number of phenols is 1. The zero-order valence-corrected chi connectivity index (χ0v) is 13.6. The number of rotatable bonds is 2. The third kappa shape index (κ3) is 2.23. The van der Waals surface area contributed by atoms with Crippen LogP contribution in [0.2, 0.25) is 0 Å². The molecule has 0 aliphatic heterocycles. The summed E-state index contributed by atoms with van der Waals surface area (Å²) < 4.78 is 1.14. The fourth-order valence-corrected chi connectivity index (χ4v) is 4.13. The second kappa shape index (κ2) is 5.56. The van der Waals surface area contributed by atoms with E-state index in [-0.39, 0.29) is 0 Å². The van der Waals surface area contributed by atoms with E-state index in [0.717, 1.165) is 32.5 Å². The van der Waals surface area contributed by atoms with Crippen molar-refractivity contribution in [3.63, 3.8) is 0 Å². The Morgan fingerprint density at radius 1 is 0.739 bits per heavy atom. The van der Waals surface area contributed by atoms with Crippen molar-refractivity contribution in [2.24, 2.45) is 0 Å². The molecule has 0 aliphatic rings. The second-order valence-corrected chi connectivity index (χ2v) is 6.54. The largest absolute Gasteiger partial charge is 0.507 e. The Morgan fingerprint density at radius 2 is 1.30 bits per heavy atom. The molecule has 0 bridgehead atoms. The molecule has 23 heavy (non-hydrogen) atoms. The standard InChI is InChI=1S/C21H16OS/c1-14-18(15-8-4-2-5-9-15)17-12-13-23-21(17)19(20(14)22)16-10-6-3-7-11-16/h2-13,22H,1H3. The maximum Gasteiger partial charge on any atom is 0.128 e. The Morgan fingerprint density at radius 3 is 1.91 bits per heavy atom. The van der Waals surface area contributed by atoms with Crippen molar-refractivity contribution in [2.75, 3.05) is 0 Å². The van der Waals surface area contributed by atoms with Crippen molar-refractivity contribution in [1.82, 2.24) is 0 Å². The van der Waals surface area contributed by atoms with E-state index in [0.29, 0.717) is 5.75 Å². The minimum atomic E-state index is 0.380. The van der Waals surface area contributed by atoms with E-state index >= 15 is 0 Å². The number of aromatic hydroxyl groups is 1. The molecule has 0 spiro atoms. The number of phenolic OH excluding ortho intramolecular Hbond substituents is 1. The van der Waals surface area contributed by atoms with Crippen LogP contribution in [0.3, 0.4) is 0 Å². The van der Waals surface area contributed by atoms with Crippen LogP contribution in [-0.2, 0) is 0 Å². The van der Waals surface area contributed by atoms with Gasteiger partial charge in [-0.3, -0.25) is 0 Å². The third-order valence-corrected chi connectivity index (χ3v) is 5.19. The highest BCUT2D eigenvalue weighted by atomic mass is 32.1. The summed E-state index contributed by atoms with van der Waals surface area (Å²) in [5.74, 6) is 0.380. The predicted octanol–water partition coefficient (Wildman–Crippen LogP) is 6.25. The number of thiophene rings is 1. The van der Waals surface area contributed by atoms with Crippen LogP contribution in [0.15, 0.2) is 72.1 Å². The maximum atomic E-state index is 10.9. The molecule has 0 saturated heterocycles. The molecule has 0 radical (unpaired) electrons. The molecule has 3 aromatic carbocycles. The number of benzene rings is 3. The molecule has 0 aliphatic carbocycles. The Kier molecular flexibility index (Phi) is 3.40. The quantitative estimate of drug-likeness (QED) is 0.463. The average molecular weight is 316 g/mol. The molecule has 0 amide bonds. The predicted molar refractivity (Wildman–Crippen MR) is 99.1 cm³/mol. The first-order chi connectivity index (χ1) is 11.3. The van der Waals surface area contributed by atoms with Gasteiger partial charge in [-0.2, -0.15) is 0 Å². The zero-order chi connectivity index (χ0) is 15.8. The molecular formula is C21H16OS. The first-order valence-corrected chi connectivity index (χ1v) is 8.49. The molecule has 4 aromatic rings. The fraction of sp³-hybridized carbons (Fsp3) is 0.0476. The topological polar surface area (TPSA) is 20.2 Å². The average Bonchev–Trinajstić information content (AvgIpc) is 3.06. The highest BCUT2D eigenvalue weighted by molar-refractivity contribution is 7.18. The van der Waals surface area contributed by atoms with Crippen LogP contribution in [-0.4, -0.2) is 5.11 Å². The molecule has 0 atom stereocenters. The van der Waals surface area contributed by atoms with Crippen LogP contribution in [0.1, 0.15) is 5.56 Å². The van der Waals surface area contributed by atoms with E-state index in [2.05, 4.69) is 35.7 Å². The van der Waals surface area contributed by atoms with Gasteiger partial charge in [-0.15, -0.1) is 11.3 Å². The lowest BCUT2D eigenvalue weighted by atomic mass is 9.91. The van der Waals surface area contributed by atoms with E-state index in [9.17, 15) is 5.11 Å². The first kappa shape index (κ1) is 14.0. The Hall–Kier alpha value is -2.58. The number of hydrogen-bond acceptors (Lipinski definition) is 2. The SMILES string of the molecule is Cc1c(O)c(-c2ccccc2)c2sccc2c1-c1ccccc1. The smallest absolute Gasteiger partial charge is 0.128 e. The molecule has 112 valence electrons. The van der Waals surface area contributed by atoms with Crippen molar-refractivity contribution in [2.45, 2.75) is 6.92 Å². The van der Waals surface area contributed by atoms with Crippen molar-refractivity contribution < 1.29 is 5.11 Å². The van der Waals surface area contributed by atoms with Gasteiger partial charge in [0.05, 0.1) is 0 Å². The monoisotopic (exact) mass is 316 g/mol. The molecule has 0 fully saturated rings. The van der Waals surface area contributed by atoms with E-state index in [4.69, 9.17) is 0 Å². The number of fused-ring (bicyclic) bond motifs is 1. The molecule has 1 nitrogen and oxygen atoms in total. The van der Waals surface area contributed by atoms with Gasteiger partial charge >= 0.3 is 0 Å². The Bertz CT molecular complexity index is 890. The van der Waals surface area contributed by atoms with Crippen molar-refractivity contribution in [3.8, 4) is 28.0 Å². The highest BCUT2D eigenvalue weighted by Crippen LogP contribution is 2.47. The molecule has 1 aromatic heterocycles. The van der Waals surface area contributed by atoms with Gasteiger partial charge in [-0.25, -0.2) is 0 Å². The van der Waals surface area contributed by atoms with E-state index in [1.165, 1.54) is 5.39 Å². The molecule has 1 heterocycles. The summed E-state index contributed by atoms with van der Waals surface area (Å²) in [5.41, 5.74) is 5.19. The lowest BCUT2D eigenvalue weighted by Gasteiger charge is -2.15. The van der Waals surface area contributed by atoms with Gasteiger partial charge in [0.2, 0.25) is 0 Å². The van der Waals surface area contributed by atoms with Crippen LogP contribution in [0.5, 0.6) is 5.75 Å². The molecule has 2 heteroatoms. The summed E-state index contributed by atoms with van der Waals surface area (Å²) in [6.07, 6.45) is 0. The Labute approximate surface area is 139 Å². The van der Waals surface area contributed by atoms with E-state index < -0.39 is 0 Å². The first-order valence-electron chi connectivity index (χ1n) is 7.61. The van der Waals surface area contributed by atoms with Crippen LogP contribution < -0.4 is 0 Å². The number of hydrogen-bond donors (Lipinski definition) is 1. The van der Waals surface area contributed by atoms with Crippen molar-refractivity contribution in [3.05, 3.63) is 77.7 Å². The van der Waals surface area contributed by atoms with Crippen molar-refractivity contribution >= 4 is 21.4 Å². The van der Waals surface area contributed by atoms with Gasteiger partial charge in [-0.1, -0.05) is 60.7 Å². The van der Waals surface area contributed by atoms with E-state index in [1.54, 1.807) is 11.3 Å². The molecule has 4 rings (SSSR count). The summed E-state index contributed by atoms with van der Waals surface area (Å²) in [6.45, 7) is 2.00. The van der Waals surface area contributed by atoms with Gasteiger partial charge < -0.3 is 5.11 Å². The highest BCUT2D eigenvalue weighted by Gasteiger charge is 2.19. The lowest BCUT2D eigenvalue weighted by molar-refractivity contribution is 0.474. The normalized spacial score (nSPS) is 11.0. The second-order valence-electron chi connectivity index (χ2n) is 5.62. The maximum absolute atomic E-state index is 10.9. The van der Waals surface area contributed by atoms with Gasteiger partial charge in [0.25, 0.3) is 0 Å². The van der Waals surface area contributed by atoms with Gasteiger partial charge in [0, 0.05) is 15.6 Å². The molecule has 1 N–H and O–H groups in total. The molecule has 0 saturated carbocycles. The summed E-state index contributed by atoms with van der Waals surface area (Å²) >= 11 is 1.68. The minimum absolute atomic E-state index is 0.380. The third-order valence-electron chi connectivity index (χ3n) is 4.25. The van der Waals surface area contributed by atoms with Crippen LogP contribution >= 0.6 is 11.3 Å². The summed E-state index contributed by atoms with van der Waals surface area (Å²) in [4.78, 5) is 0. The Balaban J connectivity index is 2.10. The fourth-order valence-electron chi connectivity index (χ4n) is 3.16. The van der Waals surface area contributed by atoms with Gasteiger partial charge in [-0.05, 0) is 40.6 Å². The summed E-state index contributed by atoms with van der Waals surface area (Å²) in [6, 6.07) is 22.6. The minimum Gasteiger partial charge on any atom is -0.507 e. The van der Waals surface area contributed by atoms with Crippen LogP contribution in [0.4, 0.5) is 0 Å². The molecule has 0 unspecified atom stereocenters. The lowest BCUT2D eigenvalue weighted by Crippen LogP contribution is -1.89. The summed E-state index contributed by atoms with van der Waals surface area (Å²) in [7, 11) is 0. The van der Waals surface area contributed by atoms with Gasteiger partial charge in [0.1, 0.15) is 5.75 Å². The zero-order valence-electron chi connectivity index (χ0n) is 12.8. The van der Waals surface area contributed by atoms with Crippen molar-refractivity contribution in [1.29, 1.82) is 0 Å². The molecular weight excluding hydrogens is 300 g/mol. The van der Waals surface area contributed by atoms with Gasteiger partial charge in [0.15, 0.2) is 0 Å². The van der Waals surface area contributed by atoms with Crippen LogP contribution in [0.25, 0.3) is 32.3 Å². The van der Waals surface area contributed by atoms with Crippen LogP contribution in [0, 0.1) is 6.92 Å². The van der Waals surface area contributed by atoms with E-state index in [1.807, 2.05) is 43.3 Å².